The van der Waals surface area contributed by atoms with E-state index in [0.717, 1.165) is 25.3 Å². The summed E-state index contributed by atoms with van der Waals surface area (Å²) < 4.78 is 42.6. The van der Waals surface area contributed by atoms with Gasteiger partial charge in [-0.2, -0.15) is 0 Å². The van der Waals surface area contributed by atoms with Crippen molar-refractivity contribution in [2.24, 2.45) is 0 Å². The van der Waals surface area contributed by atoms with E-state index in [1.165, 1.54) is 0 Å². The summed E-state index contributed by atoms with van der Waals surface area (Å²) in [5.41, 5.74) is -0.246. The van der Waals surface area contributed by atoms with Gasteiger partial charge in [-0.1, -0.05) is 0 Å². The van der Waals surface area contributed by atoms with Crippen LogP contribution in [-0.2, 0) is 14.8 Å². The predicted molar refractivity (Wildman–Crippen MR) is 65.9 cm³/mol. The molecule has 0 aliphatic rings. The van der Waals surface area contributed by atoms with Crippen molar-refractivity contribution >= 4 is 33.3 Å². The molecule has 0 radical (unpaired) electrons. The van der Waals surface area contributed by atoms with Crippen LogP contribution in [0.4, 0.5) is 10.1 Å². The molecule has 8 heteroatoms. The maximum absolute atomic E-state index is 13.1. The Labute approximate surface area is 109 Å². The number of carbonyl (C=O) groups is 1. The highest BCUT2D eigenvalue weighted by atomic mass is 35.5. The molecular formula is C10H11ClFNO4S. The Morgan fingerprint density at radius 2 is 2.17 bits per heavy atom. The fraction of sp³-hybridized carbons (Fsp3) is 0.300. The highest BCUT2D eigenvalue weighted by molar-refractivity contribution is 7.92. The fourth-order valence-corrected chi connectivity index (χ4v) is 2.63. The molecule has 0 aliphatic heterocycles. The van der Waals surface area contributed by atoms with Crippen molar-refractivity contribution in [3.8, 4) is 0 Å². The van der Waals surface area contributed by atoms with Gasteiger partial charge in [-0.3, -0.25) is 4.72 Å². The number of rotatable bonds is 5. The summed E-state index contributed by atoms with van der Waals surface area (Å²) in [6.45, 7) is 0. The molecule has 100 valence electrons. The second-order valence-electron chi connectivity index (χ2n) is 3.29. The molecule has 0 heterocycles. The third-order valence-electron chi connectivity index (χ3n) is 2.00. The van der Waals surface area contributed by atoms with Crippen LogP contribution in [0.3, 0.4) is 0 Å². The zero-order chi connectivity index (χ0) is 13.8. The summed E-state index contributed by atoms with van der Waals surface area (Å²) in [5, 5.41) is 0. The van der Waals surface area contributed by atoms with Gasteiger partial charge in [0.05, 0.1) is 24.1 Å². The predicted octanol–water partition coefficient (Wildman–Crippen LogP) is 1.59. The van der Waals surface area contributed by atoms with E-state index >= 15 is 0 Å². The van der Waals surface area contributed by atoms with Gasteiger partial charge < -0.3 is 4.74 Å². The van der Waals surface area contributed by atoms with Crippen LogP contribution >= 0.6 is 11.6 Å². The van der Waals surface area contributed by atoms with Crippen molar-refractivity contribution in [1.82, 2.24) is 0 Å². The van der Waals surface area contributed by atoms with Crippen molar-refractivity contribution in [2.45, 2.75) is 0 Å². The van der Waals surface area contributed by atoms with E-state index in [1.807, 2.05) is 0 Å². The molecule has 0 bridgehead atoms. The average Bonchev–Trinajstić information content (AvgIpc) is 2.27. The summed E-state index contributed by atoms with van der Waals surface area (Å²) in [7, 11) is -2.58. The zero-order valence-electron chi connectivity index (χ0n) is 9.44. The number of alkyl halides is 1. The Hall–Kier alpha value is -1.34. The first kappa shape index (κ1) is 14.7. The average molecular weight is 296 g/mol. The summed E-state index contributed by atoms with van der Waals surface area (Å²) in [4.78, 5) is 11.4. The number of sulfonamides is 1. The van der Waals surface area contributed by atoms with E-state index in [0.29, 0.717) is 0 Å². The molecule has 0 saturated heterocycles. The Morgan fingerprint density at radius 3 is 2.72 bits per heavy atom. The molecule has 0 fully saturated rings. The normalized spacial score (nSPS) is 11.1. The third-order valence-corrected chi connectivity index (χ3v) is 3.68. The molecule has 0 aliphatic carbocycles. The number of ether oxygens (including phenoxy) is 1. The van der Waals surface area contributed by atoms with Gasteiger partial charge in [0.1, 0.15) is 5.82 Å². The SMILES string of the molecule is COC(=O)c1ccc(F)cc1NS(=O)(=O)CCCl. The summed E-state index contributed by atoms with van der Waals surface area (Å²) in [6, 6.07) is 3.07. The second-order valence-corrected chi connectivity index (χ2v) is 5.51. The lowest BCUT2D eigenvalue weighted by atomic mass is 10.2. The lowest BCUT2D eigenvalue weighted by Gasteiger charge is -2.10. The van der Waals surface area contributed by atoms with Gasteiger partial charge in [-0.15, -0.1) is 11.6 Å². The topological polar surface area (TPSA) is 72.5 Å². The van der Waals surface area contributed by atoms with Crippen LogP contribution in [0.2, 0.25) is 0 Å². The van der Waals surface area contributed by atoms with Crippen LogP contribution in [0.5, 0.6) is 0 Å². The molecule has 1 aromatic rings. The molecule has 5 nitrogen and oxygen atoms in total. The van der Waals surface area contributed by atoms with Crippen molar-refractivity contribution in [3.63, 3.8) is 0 Å². The van der Waals surface area contributed by atoms with Gasteiger partial charge in [0.25, 0.3) is 0 Å². The van der Waals surface area contributed by atoms with Gasteiger partial charge in [-0.05, 0) is 18.2 Å². The van der Waals surface area contributed by atoms with E-state index in [-0.39, 0.29) is 22.9 Å². The van der Waals surface area contributed by atoms with Crippen LogP contribution in [0, 0.1) is 5.82 Å². The van der Waals surface area contributed by atoms with Gasteiger partial charge in [0.15, 0.2) is 0 Å². The van der Waals surface area contributed by atoms with Crippen molar-refractivity contribution in [3.05, 3.63) is 29.6 Å². The van der Waals surface area contributed by atoms with Crippen LogP contribution in [0.25, 0.3) is 0 Å². The Kier molecular flexibility index (Phi) is 4.92. The van der Waals surface area contributed by atoms with Crippen molar-refractivity contribution < 1.29 is 22.3 Å². The van der Waals surface area contributed by atoms with Crippen molar-refractivity contribution in [2.75, 3.05) is 23.5 Å². The minimum absolute atomic E-state index is 0.0722. The van der Waals surface area contributed by atoms with Crippen LogP contribution < -0.4 is 4.72 Å². The maximum atomic E-state index is 13.1. The number of carbonyl (C=O) groups excluding carboxylic acids is 1. The smallest absolute Gasteiger partial charge is 0.339 e. The molecule has 0 amide bonds. The first-order valence-corrected chi connectivity index (χ1v) is 7.02. The van der Waals surface area contributed by atoms with Crippen molar-refractivity contribution in [1.29, 1.82) is 0 Å². The Balaban J connectivity index is 3.14. The number of hydrogen-bond donors (Lipinski definition) is 1. The first-order valence-electron chi connectivity index (χ1n) is 4.84. The van der Waals surface area contributed by atoms with E-state index in [9.17, 15) is 17.6 Å². The highest BCUT2D eigenvalue weighted by Gasteiger charge is 2.17. The first-order chi connectivity index (χ1) is 8.39. The van der Waals surface area contributed by atoms with E-state index < -0.39 is 21.8 Å². The highest BCUT2D eigenvalue weighted by Crippen LogP contribution is 2.19. The molecule has 0 aromatic heterocycles. The molecule has 0 saturated carbocycles. The molecule has 1 N–H and O–H groups in total. The molecule has 1 rings (SSSR count). The summed E-state index contributed by atoms with van der Waals surface area (Å²) in [5.74, 6) is -1.89. The monoisotopic (exact) mass is 295 g/mol. The Morgan fingerprint density at radius 1 is 1.50 bits per heavy atom. The molecule has 18 heavy (non-hydrogen) atoms. The number of nitrogens with one attached hydrogen (secondary N) is 1. The second kappa shape index (κ2) is 6.01. The third kappa shape index (κ3) is 3.85. The Bertz CT molecular complexity index is 547. The molecular weight excluding hydrogens is 285 g/mol. The number of anilines is 1. The molecule has 0 spiro atoms. The van der Waals surface area contributed by atoms with Gasteiger partial charge >= 0.3 is 5.97 Å². The number of benzene rings is 1. The lowest BCUT2D eigenvalue weighted by molar-refractivity contribution is 0.0602. The quantitative estimate of drug-likeness (QED) is 0.661. The van der Waals surface area contributed by atoms with E-state index in [1.54, 1.807) is 0 Å². The van der Waals surface area contributed by atoms with E-state index in [4.69, 9.17) is 11.6 Å². The minimum Gasteiger partial charge on any atom is -0.465 e. The molecule has 1 aromatic carbocycles. The largest absolute Gasteiger partial charge is 0.465 e. The molecule has 0 unspecified atom stereocenters. The number of hydrogen-bond acceptors (Lipinski definition) is 4. The zero-order valence-corrected chi connectivity index (χ0v) is 11.0. The number of esters is 1. The number of methoxy groups -OCH3 is 1. The minimum atomic E-state index is -3.72. The number of halogens is 2. The van der Waals surface area contributed by atoms with Gasteiger partial charge in [0, 0.05) is 5.88 Å². The fourth-order valence-electron chi connectivity index (χ4n) is 1.21. The standard InChI is InChI=1S/C10H11ClFNO4S/c1-17-10(14)8-3-2-7(12)6-9(8)13-18(15,16)5-4-11/h2-3,6,13H,4-5H2,1H3. The maximum Gasteiger partial charge on any atom is 0.339 e. The van der Waals surface area contributed by atoms with Crippen LogP contribution in [0.1, 0.15) is 10.4 Å². The van der Waals surface area contributed by atoms with Gasteiger partial charge in [-0.25, -0.2) is 17.6 Å². The summed E-state index contributed by atoms with van der Waals surface area (Å²) >= 11 is 5.33. The van der Waals surface area contributed by atoms with E-state index in [2.05, 4.69) is 9.46 Å². The van der Waals surface area contributed by atoms with Gasteiger partial charge in [0.2, 0.25) is 10.0 Å². The summed E-state index contributed by atoms with van der Waals surface area (Å²) in [6.07, 6.45) is 0. The lowest BCUT2D eigenvalue weighted by Crippen LogP contribution is -2.19. The molecule has 0 atom stereocenters. The van der Waals surface area contributed by atoms with Crippen LogP contribution in [0.15, 0.2) is 18.2 Å². The van der Waals surface area contributed by atoms with Crippen LogP contribution in [-0.4, -0.2) is 33.1 Å².